The van der Waals surface area contributed by atoms with Gasteiger partial charge in [0.1, 0.15) is 0 Å². The van der Waals surface area contributed by atoms with Crippen molar-refractivity contribution in [3.8, 4) is 0 Å². The second-order valence-corrected chi connectivity index (χ2v) is 31.0. The molecule has 4 aromatic carbocycles. The Hall–Kier alpha value is -1.24. The predicted octanol–water partition coefficient (Wildman–Crippen LogP) is 2.74. The van der Waals surface area contributed by atoms with Gasteiger partial charge in [0.2, 0.25) is 0 Å². The fraction of sp³-hybridized carbons (Fsp3) is 0.250. The molecule has 37 heavy (non-hydrogen) atoms. The molecule has 2 aliphatic rings. The molecule has 4 aromatic rings. The minimum absolute atomic E-state index is 0. The van der Waals surface area contributed by atoms with Crippen LogP contribution >= 0.6 is 0 Å². The van der Waals surface area contributed by atoms with Crippen molar-refractivity contribution in [1.29, 1.82) is 0 Å². The van der Waals surface area contributed by atoms with Crippen molar-refractivity contribution in [2.75, 3.05) is 0 Å². The maximum Gasteiger partial charge on any atom is 0.0307 e. The van der Waals surface area contributed by atoms with Gasteiger partial charge in [0, 0.05) is 16.6 Å². The Morgan fingerprint density at radius 2 is 1.00 bits per heavy atom. The Bertz CT molecular complexity index is 1380. The van der Waals surface area contributed by atoms with E-state index in [9.17, 15) is 0 Å². The summed E-state index contributed by atoms with van der Waals surface area (Å²) in [5.74, 6) is 0. The van der Waals surface area contributed by atoms with Crippen molar-refractivity contribution >= 4 is 50.3 Å². The summed E-state index contributed by atoms with van der Waals surface area (Å²) in [6.07, 6.45) is 4.95. The molecule has 5 heteroatoms. The van der Waals surface area contributed by atoms with Crippen LogP contribution in [0.5, 0.6) is 0 Å². The Labute approximate surface area is 249 Å². The molecule has 2 aliphatic carbocycles. The van der Waals surface area contributed by atoms with E-state index in [1.165, 1.54) is 32.7 Å². The van der Waals surface area contributed by atoms with Crippen LogP contribution in [0.25, 0.3) is 33.7 Å². The quantitative estimate of drug-likeness (QED) is 0.286. The van der Waals surface area contributed by atoms with E-state index >= 15 is 0 Å². The number of halogens is 2. The van der Waals surface area contributed by atoms with Gasteiger partial charge in [0.25, 0.3) is 0 Å². The zero-order valence-corrected chi connectivity index (χ0v) is 30.2. The Morgan fingerprint density at radius 1 is 0.622 bits per heavy atom. The van der Waals surface area contributed by atoms with Crippen molar-refractivity contribution in [1.82, 2.24) is 0 Å². The molecule has 190 valence electrons. The van der Waals surface area contributed by atoms with Gasteiger partial charge < -0.3 is 24.8 Å². The molecule has 0 fully saturated rings. The third kappa shape index (κ3) is 6.17. The van der Waals surface area contributed by atoms with Crippen molar-refractivity contribution < 1.29 is 47.7 Å². The van der Waals surface area contributed by atoms with Crippen LogP contribution in [0.3, 0.4) is 0 Å². The third-order valence-electron chi connectivity index (χ3n) is 7.68. The van der Waals surface area contributed by atoms with E-state index in [-0.39, 0.29) is 24.8 Å². The molecule has 6 rings (SSSR count). The van der Waals surface area contributed by atoms with Gasteiger partial charge in [-0.3, -0.25) is 0 Å². The van der Waals surface area contributed by atoms with E-state index in [4.69, 9.17) is 0 Å². The zero-order valence-electron chi connectivity index (χ0n) is 22.7. The van der Waals surface area contributed by atoms with Crippen molar-refractivity contribution in [3.05, 3.63) is 106 Å². The van der Waals surface area contributed by atoms with E-state index < -0.39 is 30.5 Å². The summed E-state index contributed by atoms with van der Waals surface area (Å²) in [6.45, 7) is 14.5. The largest absolute Gasteiger partial charge is 1.00 e. The summed E-state index contributed by atoms with van der Waals surface area (Å²) in [7, 11) is -0.101. The van der Waals surface area contributed by atoms with Gasteiger partial charge in [0.05, 0.1) is 0 Å². The molecular weight excluding hydrogens is 690 g/mol. The first-order valence-corrected chi connectivity index (χ1v) is 24.3. The van der Waals surface area contributed by atoms with E-state index in [2.05, 4.69) is 125 Å². The molecule has 0 saturated carbocycles. The summed E-state index contributed by atoms with van der Waals surface area (Å²) in [5, 5.41) is 5.55. The van der Waals surface area contributed by atoms with E-state index in [0.29, 0.717) is 16.4 Å². The standard InChI is InChI=1S/2C14H11.C4H14Si2.2ClH.Hf/c2*1-10-8-12-7-6-11-4-2-3-5-13(11)14(12)9-10;1-5-6(2,3)4;;;/h2*2-9H,1H3;5H2,1-4H3;2*1H;/q;;;;;+2/p-2. The molecule has 2 atom stereocenters. The number of rotatable bonds is 3. The average molecular weight is 726 g/mol. The minimum atomic E-state index is -1.05. The fourth-order valence-electron chi connectivity index (χ4n) is 5.17. The first kappa shape index (κ1) is 30.3. The van der Waals surface area contributed by atoms with Crippen LogP contribution in [0.4, 0.5) is 0 Å². The molecule has 0 aromatic heterocycles. The second kappa shape index (κ2) is 12.3. The summed E-state index contributed by atoms with van der Waals surface area (Å²) in [6, 6.07) is 27.2. The molecule has 0 amide bonds. The topological polar surface area (TPSA) is 0 Å². The maximum atomic E-state index is 2.48. The first-order chi connectivity index (χ1) is 16.8. The Balaban J connectivity index is 0.000000430. The number of hydrogen-bond acceptors (Lipinski definition) is 0. The first-order valence-electron chi connectivity index (χ1n) is 12.9. The number of benzene rings is 4. The number of fused-ring (bicyclic) bond motifs is 6. The number of allylic oxidation sites excluding steroid dienone is 2. The van der Waals surface area contributed by atoms with Gasteiger partial charge in [-0.15, -0.1) is 0 Å². The maximum absolute atomic E-state index is 2.48. The molecule has 0 N–H and O–H groups in total. The van der Waals surface area contributed by atoms with E-state index in [1.54, 1.807) is 22.3 Å². The monoisotopic (exact) mass is 726 g/mol. The average Bonchev–Trinajstić information content (AvgIpc) is 3.35. The van der Waals surface area contributed by atoms with Crippen LogP contribution in [-0.4, -0.2) is 16.6 Å². The molecule has 0 bridgehead atoms. The van der Waals surface area contributed by atoms with Crippen molar-refractivity contribution in [3.63, 3.8) is 0 Å². The molecule has 0 spiro atoms. The zero-order chi connectivity index (χ0) is 24.7. The van der Waals surface area contributed by atoms with Crippen LogP contribution in [0.1, 0.15) is 43.5 Å². The molecule has 0 heterocycles. The van der Waals surface area contributed by atoms with Crippen LogP contribution in [0, 0.1) is 0 Å². The van der Waals surface area contributed by atoms with Gasteiger partial charge in [-0.1, -0.05) is 26.2 Å². The van der Waals surface area contributed by atoms with Crippen LogP contribution in [0.2, 0.25) is 26.2 Å². The smallest absolute Gasteiger partial charge is 0.0307 e. The van der Waals surface area contributed by atoms with Gasteiger partial charge in [-0.05, 0) is 0 Å². The summed E-state index contributed by atoms with van der Waals surface area (Å²) in [4.78, 5) is 0. The normalized spacial score (nSPS) is 17.7. The van der Waals surface area contributed by atoms with Crippen molar-refractivity contribution in [2.45, 2.75) is 47.4 Å². The fourth-order valence-corrected chi connectivity index (χ4v) is 12.0. The molecule has 2 unspecified atom stereocenters. The molecule has 0 radical (unpaired) electrons. The van der Waals surface area contributed by atoms with Crippen molar-refractivity contribution in [2.24, 2.45) is 0 Å². The third-order valence-corrected chi connectivity index (χ3v) is 24.1. The van der Waals surface area contributed by atoms with Gasteiger partial charge in [-0.25, -0.2) is 0 Å². The summed E-state index contributed by atoms with van der Waals surface area (Å²) in [5.41, 5.74) is 9.31. The van der Waals surface area contributed by atoms with Gasteiger partial charge >= 0.3 is 184 Å². The van der Waals surface area contributed by atoms with E-state index in [1.807, 2.05) is 0 Å². The Morgan fingerprint density at radius 3 is 1.38 bits per heavy atom. The van der Waals surface area contributed by atoms with Crippen LogP contribution < -0.4 is 24.8 Å². The van der Waals surface area contributed by atoms with Gasteiger partial charge in [0.15, 0.2) is 0 Å². The molecule has 0 saturated heterocycles. The SMILES string of the molecule is CC1=Cc2c(ccc3ccccc23)[CH]1[Hf+2][CH]1C(C)=Cc2c1ccc1ccccc21.C[SiH2][Si](C)(C)C.[Cl-].[Cl-]. The predicted molar refractivity (Wildman–Crippen MR) is 158 cm³/mol. The van der Waals surface area contributed by atoms with Crippen LogP contribution in [-0.2, 0) is 22.9 Å². The molecular formula is C32H36Cl2HfSi2. The second-order valence-electron chi connectivity index (χ2n) is 11.3. The number of hydrogen-bond donors (Lipinski definition) is 0. The van der Waals surface area contributed by atoms with E-state index in [0.717, 1.165) is 0 Å². The summed E-state index contributed by atoms with van der Waals surface area (Å²) < 4.78 is 1.39. The molecule has 0 nitrogen and oxygen atoms in total. The Kier molecular flexibility index (Phi) is 10.1. The van der Waals surface area contributed by atoms with Gasteiger partial charge in [-0.2, -0.15) is 0 Å². The minimum Gasteiger partial charge on any atom is -1.00 e. The summed E-state index contributed by atoms with van der Waals surface area (Å²) >= 11 is -1.05. The van der Waals surface area contributed by atoms with Crippen LogP contribution in [0.15, 0.2) is 83.9 Å². The molecule has 0 aliphatic heterocycles.